The first-order chi connectivity index (χ1) is 18.3. The number of halogens is 3. The number of fused-ring (bicyclic) bond motifs is 1. The lowest BCUT2D eigenvalue weighted by Gasteiger charge is -2.29. The summed E-state index contributed by atoms with van der Waals surface area (Å²) in [5, 5.41) is 9.58. The number of aromatic nitrogens is 3. The summed E-state index contributed by atoms with van der Waals surface area (Å²) in [5.74, 6) is 1.94. The van der Waals surface area contributed by atoms with Gasteiger partial charge in [0.15, 0.2) is 11.5 Å². The molecular formula is C26H27BrCl2N4O4S. The number of thioether (sulfide) groups is 1. The van der Waals surface area contributed by atoms with Crippen LogP contribution in [-0.4, -0.2) is 39.7 Å². The van der Waals surface area contributed by atoms with Crippen molar-refractivity contribution in [2.24, 2.45) is 0 Å². The molecule has 1 N–H and O–H groups in total. The molecule has 1 aliphatic rings. The zero-order valence-corrected chi connectivity index (χ0v) is 25.2. The van der Waals surface area contributed by atoms with Crippen LogP contribution in [0.4, 0.5) is 5.95 Å². The maximum absolute atomic E-state index is 13.1. The van der Waals surface area contributed by atoms with E-state index in [-0.39, 0.29) is 13.2 Å². The third kappa shape index (κ3) is 6.09. The molecule has 0 saturated heterocycles. The van der Waals surface area contributed by atoms with Gasteiger partial charge < -0.3 is 19.5 Å². The largest absolute Gasteiger partial charge is 0.490 e. The molecule has 0 amide bonds. The topological polar surface area (TPSA) is 87.5 Å². The van der Waals surface area contributed by atoms with E-state index in [9.17, 15) is 4.79 Å². The summed E-state index contributed by atoms with van der Waals surface area (Å²) in [6, 6.07) is 8.40. The molecule has 2 heterocycles. The third-order valence-electron chi connectivity index (χ3n) is 5.64. The number of rotatable bonds is 10. The van der Waals surface area contributed by atoms with Crippen LogP contribution in [0.3, 0.4) is 0 Å². The fraction of sp³-hybridized carbons (Fsp3) is 0.346. The Bertz CT molecular complexity index is 1380. The summed E-state index contributed by atoms with van der Waals surface area (Å²) < 4.78 is 19.9. The van der Waals surface area contributed by atoms with Crippen LogP contribution >= 0.6 is 50.9 Å². The van der Waals surface area contributed by atoms with Gasteiger partial charge in [0.2, 0.25) is 11.1 Å². The zero-order valence-electron chi connectivity index (χ0n) is 21.3. The van der Waals surface area contributed by atoms with Crippen molar-refractivity contribution in [3.05, 3.63) is 67.2 Å². The predicted molar refractivity (Wildman–Crippen MR) is 154 cm³/mol. The molecule has 0 aliphatic carbocycles. The van der Waals surface area contributed by atoms with Gasteiger partial charge in [-0.2, -0.15) is 4.98 Å². The molecule has 0 spiro atoms. The van der Waals surface area contributed by atoms with Crippen LogP contribution in [0, 0.1) is 0 Å². The average molecular weight is 642 g/mol. The van der Waals surface area contributed by atoms with Crippen molar-refractivity contribution in [2.45, 2.75) is 45.5 Å². The van der Waals surface area contributed by atoms with Gasteiger partial charge in [0, 0.05) is 21.3 Å². The van der Waals surface area contributed by atoms with Crippen LogP contribution < -0.4 is 14.8 Å². The third-order valence-corrected chi connectivity index (χ3v) is 7.53. The van der Waals surface area contributed by atoms with Crippen molar-refractivity contribution in [3.63, 3.8) is 0 Å². The van der Waals surface area contributed by atoms with Crippen molar-refractivity contribution in [1.29, 1.82) is 0 Å². The molecule has 0 radical (unpaired) electrons. The lowest BCUT2D eigenvalue weighted by molar-refractivity contribution is -0.139. The summed E-state index contributed by atoms with van der Waals surface area (Å²) in [4.78, 5) is 17.7. The first-order valence-electron chi connectivity index (χ1n) is 12.0. The molecule has 12 heteroatoms. The summed E-state index contributed by atoms with van der Waals surface area (Å²) in [5.41, 5.74) is 2.62. The number of hydrogen-bond donors (Lipinski definition) is 1. The highest BCUT2D eigenvalue weighted by Crippen LogP contribution is 2.44. The number of nitrogens with one attached hydrogen (secondary N) is 1. The summed E-state index contributed by atoms with van der Waals surface area (Å²) in [6.07, 6.45) is 0. The van der Waals surface area contributed by atoms with Gasteiger partial charge in [0.1, 0.15) is 12.6 Å². The number of carbonyl (C=O) groups excluding carboxylic acids is 1. The molecule has 1 aliphatic heterocycles. The molecule has 1 aromatic heterocycles. The van der Waals surface area contributed by atoms with E-state index in [1.54, 1.807) is 23.7 Å². The molecule has 3 aromatic rings. The molecule has 0 saturated carbocycles. The van der Waals surface area contributed by atoms with Crippen LogP contribution in [-0.2, 0) is 16.1 Å². The minimum atomic E-state index is -0.598. The number of anilines is 1. The first kappa shape index (κ1) is 28.6. The van der Waals surface area contributed by atoms with Gasteiger partial charge in [0.05, 0.1) is 23.3 Å². The van der Waals surface area contributed by atoms with Gasteiger partial charge in [-0.15, -0.1) is 5.10 Å². The quantitative estimate of drug-likeness (QED) is 0.182. The molecule has 202 valence electrons. The standard InChI is InChI=1S/C26H27BrCl2N4O4S/c1-5-35-20-11-16(10-18(27)23(20)37-13-15-8-9-17(28)12-19(15)29)22-21(24(34)36-6-2)14(4)30-25-31-26(38-7-3)32-33(22)25/h8-12,22H,5-7,13H2,1-4H3,(H,30,31,32). The fourth-order valence-electron chi connectivity index (χ4n) is 4.04. The van der Waals surface area contributed by atoms with Gasteiger partial charge in [-0.05, 0) is 72.3 Å². The van der Waals surface area contributed by atoms with E-state index in [4.69, 9.17) is 42.5 Å². The average Bonchev–Trinajstić information content (AvgIpc) is 3.26. The van der Waals surface area contributed by atoms with Crippen molar-refractivity contribution >= 4 is 62.8 Å². The SMILES string of the molecule is CCOC(=O)C1=C(C)Nc2nc(SCC)nn2C1c1cc(Br)c(OCc2ccc(Cl)cc2Cl)c(OCC)c1. The van der Waals surface area contributed by atoms with Crippen molar-refractivity contribution < 1.29 is 19.0 Å². The lowest BCUT2D eigenvalue weighted by atomic mass is 9.95. The van der Waals surface area contributed by atoms with Crippen LogP contribution in [0.1, 0.15) is 44.9 Å². The molecule has 0 bridgehead atoms. The molecule has 1 unspecified atom stereocenters. The fourth-order valence-corrected chi connectivity index (χ4v) is 5.63. The Morgan fingerprint density at radius 2 is 1.95 bits per heavy atom. The van der Waals surface area contributed by atoms with Crippen molar-refractivity contribution in [3.8, 4) is 11.5 Å². The van der Waals surface area contributed by atoms with E-state index in [2.05, 4.69) is 26.2 Å². The molecule has 0 fully saturated rings. The maximum Gasteiger partial charge on any atom is 0.338 e. The number of nitrogens with zero attached hydrogens (tertiary/aromatic N) is 3. The minimum Gasteiger partial charge on any atom is -0.490 e. The number of ether oxygens (including phenoxy) is 3. The Balaban J connectivity index is 1.78. The van der Waals surface area contributed by atoms with Gasteiger partial charge in [0.25, 0.3) is 0 Å². The van der Waals surface area contributed by atoms with Gasteiger partial charge in [-0.3, -0.25) is 0 Å². The smallest absolute Gasteiger partial charge is 0.338 e. The zero-order chi connectivity index (χ0) is 27.4. The first-order valence-corrected chi connectivity index (χ1v) is 14.6. The van der Waals surface area contributed by atoms with Crippen LogP contribution in [0.15, 0.2) is 51.2 Å². The van der Waals surface area contributed by atoms with Crippen LogP contribution in [0.2, 0.25) is 10.0 Å². The highest BCUT2D eigenvalue weighted by molar-refractivity contribution is 9.10. The van der Waals surface area contributed by atoms with Crippen molar-refractivity contribution in [1.82, 2.24) is 14.8 Å². The number of benzene rings is 2. The van der Waals surface area contributed by atoms with E-state index in [0.29, 0.717) is 55.0 Å². The second-order valence-corrected chi connectivity index (χ2v) is 11.1. The summed E-state index contributed by atoms with van der Waals surface area (Å²) in [6.45, 7) is 8.39. The van der Waals surface area contributed by atoms with Gasteiger partial charge in [-0.1, -0.05) is 48.0 Å². The maximum atomic E-state index is 13.1. The van der Waals surface area contributed by atoms with Crippen LogP contribution in [0.25, 0.3) is 0 Å². The Morgan fingerprint density at radius 1 is 1.16 bits per heavy atom. The van der Waals surface area contributed by atoms with Crippen molar-refractivity contribution in [2.75, 3.05) is 24.3 Å². The number of hydrogen-bond acceptors (Lipinski definition) is 8. The summed E-state index contributed by atoms with van der Waals surface area (Å²) >= 11 is 17.5. The molecule has 4 rings (SSSR count). The second-order valence-electron chi connectivity index (χ2n) is 8.17. The lowest BCUT2D eigenvalue weighted by Crippen LogP contribution is -2.29. The Morgan fingerprint density at radius 3 is 2.63 bits per heavy atom. The molecular weight excluding hydrogens is 615 g/mol. The molecule has 1 atom stereocenters. The molecule has 2 aromatic carbocycles. The Labute approximate surface area is 244 Å². The number of esters is 1. The Kier molecular flexibility index (Phi) is 9.51. The highest BCUT2D eigenvalue weighted by Gasteiger charge is 2.36. The van der Waals surface area contributed by atoms with Crippen LogP contribution in [0.5, 0.6) is 11.5 Å². The summed E-state index contributed by atoms with van der Waals surface area (Å²) in [7, 11) is 0. The predicted octanol–water partition coefficient (Wildman–Crippen LogP) is 7.29. The van der Waals surface area contributed by atoms with E-state index in [1.807, 2.05) is 39.0 Å². The van der Waals surface area contributed by atoms with E-state index in [1.165, 1.54) is 11.8 Å². The van der Waals surface area contributed by atoms with Gasteiger partial charge in [-0.25, -0.2) is 9.48 Å². The molecule has 8 nitrogen and oxygen atoms in total. The normalized spacial score (nSPS) is 14.7. The molecule has 38 heavy (non-hydrogen) atoms. The van der Waals surface area contributed by atoms with E-state index < -0.39 is 12.0 Å². The van der Waals surface area contributed by atoms with E-state index >= 15 is 0 Å². The second kappa shape index (κ2) is 12.6. The number of allylic oxidation sites excluding steroid dienone is 1. The van der Waals surface area contributed by atoms with Gasteiger partial charge >= 0.3 is 5.97 Å². The monoisotopic (exact) mass is 640 g/mol. The highest BCUT2D eigenvalue weighted by atomic mass is 79.9. The number of carbonyl (C=O) groups is 1. The minimum absolute atomic E-state index is 0.208. The Hall–Kier alpha value is -2.40. The van der Waals surface area contributed by atoms with E-state index in [0.717, 1.165) is 16.9 Å².